The number of aryl methyl sites for hydroxylation is 1. The lowest BCUT2D eigenvalue weighted by Gasteiger charge is -2.05. The highest BCUT2D eigenvalue weighted by molar-refractivity contribution is 6.01. The Labute approximate surface area is 188 Å². The van der Waals surface area contributed by atoms with Gasteiger partial charge in [-0.05, 0) is 54.4 Å². The summed E-state index contributed by atoms with van der Waals surface area (Å²) in [5.41, 5.74) is 7.02. The molecule has 0 aliphatic heterocycles. The fraction of sp³-hybridized carbons (Fsp3) is 0.0769. The molecule has 3 heterocycles. The molecule has 162 valence electrons. The van der Waals surface area contributed by atoms with Crippen LogP contribution in [0.1, 0.15) is 5.82 Å². The van der Waals surface area contributed by atoms with E-state index in [1.54, 1.807) is 6.07 Å². The van der Waals surface area contributed by atoms with Crippen LogP contribution in [0, 0.1) is 12.7 Å². The first-order chi connectivity index (χ1) is 16.0. The van der Waals surface area contributed by atoms with Crippen molar-refractivity contribution in [1.29, 1.82) is 0 Å². The molecule has 7 heteroatoms. The van der Waals surface area contributed by atoms with Crippen LogP contribution in [-0.4, -0.2) is 29.8 Å². The largest absolute Gasteiger partial charge is 0.508 e. The van der Waals surface area contributed by atoms with Gasteiger partial charge in [0.05, 0.1) is 23.1 Å². The van der Waals surface area contributed by atoms with Crippen molar-refractivity contribution < 1.29 is 9.50 Å². The number of imidazole rings is 1. The standard InChI is InChI=1S/C26H20FN5O/c1-14-28-13-25(32(14)2)15-6-7-23-21(10-15)26(31-30-23)24-12-20-19(4-3-5-22(20)29-24)16-8-17(27)11-18(33)9-16/h3-13,29,33H,1-2H3,(H,30,31). The van der Waals surface area contributed by atoms with Crippen molar-refractivity contribution >= 4 is 21.8 Å². The molecule has 0 aliphatic carbocycles. The highest BCUT2D eigenvalue weighted by Crippen LogP contribution is 2.36. The van der Waals surface area contributed by atoms with Crippen molar-refractivity contribution in [3.8, 4) is 39.5 Å². The summed E-state index contributed by atoms with van der Waals surface area (Å²) >= 11 is 0. The summed E-state index contributed by atoms with van der Waals surface area (Å²) in [5, 5.41) is 19.5. The summed E-state index contributed by atoms with van der Waals surface area (Å²) in [6.45, 7) is 1.98. The third-order valence-corrected chi connectivity index (χ3v) is 6.19. The number of aromatic nitrogens is 5. The molecule has 0 atom stereocenters. The molecule has 6 nitrogen and oxygen atoms in total. The van der Waals surface area contributed by atoms with Crippen LogP contribution in [0.5, 0.6) is 5.75 Å². The molecule has 33 heavy (non-hydrogen) atoms. The number of aromatic amines is 2. The normalized spacial score (nSPS) is 11.6. The fourth-order valence-electron chi connectivity index (χ4n) is 4.41. The molecule has 0 bridgehead atoms. The second-order valence-electron chi connectivity index (χ2n) is 8.23. The zero-order chi connectivity index (χ0) is 22.7. The van der Waals surface area contributed by atoms with E-state index in [2.05, 4.69) is 36.9 Å². The van der Waals surface area contributed by atoms with Crippen molar-refractivity contribution in [2.45, 2.75) is 6.92 Å². The van der Waals surface area contributed by atoms with Crippen LogP contribution in [0.3, 0.4) is 0 Å². The Bertz CT molecular complexity index is 1650. The van der Waals surface area contributed by atoms with Crippen LogP contribution in [0.25, 0.3) is 55.6 Å². The van der Waals surface area contributed by atoms with Crippen LogP contribution in [0.15, 0.2) is 66.9 Å². The molecule has 6 aromatic rings. The van der Waals surface area contributed by atoms with E-state index in [0.29, 0.717) is 5.56 Å². The number of rotatable bonds is 3. The van der Waals surface area contributed by atoms with Gasteiger partial charge in [-0.25, -0.2) is 9.37 Å². The van der Waals surface area contributed by atoms with E-state index in [1.807, 2.05) is 50.5 Å². The first kappa shape index (κ1) is 19.3. The lowest BCUT2D eigenvalue weighted by Crippen LogP contribution is -1.94. The third kappa shape index (κ3) is 3.09. The maximum absolute atomic E-state index is 13.9. The lowest BCUT2D eigenvalue weighted by molar-refractivity contribution is 0.469. The maximum Gasteiger partial charge on any atom is 0.127 e. The average molecular weight is 437 g/mol. The van der Waals surface area contributed by atoms with Gasteiger partial charge in [-0.1, -0.05) is 18.2 Å². The highest BCUT2D eigenvalue weighted by atomic mass is 19.1. The molecule has 0 saturated heterocycles. The molecule has 0 saturated carbocycles. The molecule has 3 N–H and O–H groups in total. The van der Waals surface area contributed by atoms with E-state index in [1.165, 1.54) is 6.07 Å². The van der Waals surface area contributed by atoms with Gasteiger partial charge in [0.1, 0.15) is 23.1 Å². The number of halogens is 1. The Kier molecular flexibility index (Phi) is 4.13. The van der Waals surface area contributed by atoms with E-state index < -0.39 is 5.82 Å². The van der Waals surface area contributed by atoms with Crippen LogP contribution in [0.2, 0.25) is 0 Å². The van der Waals surface area contributed by atoms with E-state index >= 15 is 0 Å². The second kappa shape index (κ2) is 7.06. The number of H-pyrrole nitrogens is 2. The predicted octanol–water partition coefficient (Wildman–Crippen LogP) is 5.93. The van der Waals surface area contributed by atoms with Gasteiger partial charge < -0.3 is 14.7 Å². The van der Waals surface area contributed by atoms with E-state index in [9.17, 15) is 9.50 Å². The second-order valence-corrected chi connectivity index (χ2v) is 8.23. The summed E-state index contributed by atoms with van der Waals surface area (Å²) in [6.07, 6.45) is 1.87. The van der Waals surface area contributed by atoms with Crippen molar-refractivity contribution in [2.24, 2.45) is 7.05 Å². The molecule has 3 aromatic carbocycles. The maximum atomic E-state index is 13.9. The molecule has 6 rings (SSSR count). The van der Waals surface area contributed by atoms with Crippen LogP contribution >= 0.6 is 0 Å². The van der Waals surface area contributed by atoms with Crippen molar-refractivity contribution in [3.05, 3.63) is 78.5 Å². The molecule has 0 fully saturated rings. The average Bonchev–Trinajstić information content (AvgIpc) is 3.49. The van der Waals surface area contributed by atoms with Gasteiger partial charge in [0.15, 0.2) is 0 Å². The van der Waals surface area contributed by atoms with Crippen LogP contribution in [0.4, 0.5) is 4.39 Å². The van der Waals surface area contributed by atoms with Gasteiger partial charge in [0.2, 0.25) is 0 Å². The number of nitrogens with zero attached hydrogens (tertiary/aromatic N) is 3. The van der Waals surface area contributed by atoms with Gasteiger partial charge >= 0.3 is 0 Å². The zero-order valence-electron chi connectivity index (χ0n) is 18.0. The quantitative estimate of drug-likeness (QED) is 0.321. The minimum absolute atomic E-state index is 0.103. The first-order valence-corrected chi connectivity index (χ1v) is 10.6. The molecule has 0 unspecified atom stereocenters. The number of hydrogen-bond donors (Lipinski definition) is 3. The molecule has 0 spiro atoms. The number of benzene rings is 3. The van der Waals surface area contributed by atoms with Gasteiger partial charge in [-0.15, -0.1) is 0 Å². The number of nitrogens with one attached hydrogen (secondary N) is 2. The summed E-state index contributed by atoms with van der Waals surface area (Å²) in [5.74, 6) is 0.368. The SMILES string of the molecule is Cc1ncc(-c2ccc3[nH]nc(-c4cc5c(-c6cc(O)cc(F)c6)cccc5[nH]4)c3c2)n1C. The summed E-state index contributed by atoms with van der Waals surface area (Å²) in [4.78, 5) is 7.86. The Morgan fingerprint density at radius 2 is 1.82 bits per heavy atom. The van der Waals surface area contributed by atoms with Crippen molar-refractivity contribution in [1.82, 2.24) is 24.7 Å². The molecule has 3 aromatic heterocycles. The predicted molar refractivity (Wildman–Crippen MR) is 127 cm³/mol. The zero-order valence-corrected chi connectivity index (χ0v) is 18.0. The smallest absolute Gasteiger partial charge is 0.127 e. The summed E-state index contributed by atoms with van der Waals surface area (Å²) in [7, 11) is 2.00. The van der Waals surface area contributed by atoms with E-state index in [0.717, 1.165) is 61.9 Å². The topological polar surface area (TPSA) is 82.5 Å². The summed E-state index contributed by atoms with van der Waals surface area (Å²) < 4.78 is 16.0. The Balaban J connectivity index is 1.52. The molecule has 0 aliphatic rings. The Hall–Kier alpha value is -4.39. The number of phenols is 1. The van der Waals surface area contributed by atoms with Gasteiger partial charge in [0, 0.05) is 35.0 Å². The van der Waals surface area contributed by atoms with Gasteiger partial charge in [-0.2, -0.15) is 5.10 Å². The molecule has 0 amide bonds. The molecular weight excluding hydrogens is 417 g/mol. The van der Waals surface area contributed by atoms with Crippen molar-refractivity contribution in [3.63, 3.8) is 0 Å². The fourth-order valence-corrected chi connectivity index (χ4v) is 4.41. The van der Waals surface area contributed by atoms with E-state index in [4.69, 9.17) is 0 Å². The van der Waals surface area contributed by atoms with E-state index in [-0.39, 0.29) is 5.75 Å². The monoisotopic (exact) mass is 437 g/mol. The number of fused-ring (bicyclic) bond motifs is 2. The highest BCUT2D eigenvalue weighted by Gasteiger charge is 2.15. The van der Waals surface area contributed by atoms with Crippen molar-refractivity contribution in [2.75, 3.05) is 0 Å². The van der Waals surface area contributed by atoms with Gasteiger partial charge in [-0.3, -0.25) is 5.10 Å². The van der Waals surface area contributed by atoms with Gasteiger partial charge in [0.25, 0.3) is 0 Å². The summed E-state index contributed by atoms with van der Waals surface area (Å²) in [6, 6.07) is 18.1. The number of hydrogen-bond acceptors (Lipinski definition) is 3. The minimum atomic E-state index is -0.478. The number of aromatic hydroxyl groups is 1. The number of phenolic OH excluding ortho intramolecular Hbond substituents is 1. The molecule has 0 radical (unpaired) electrons. The Morgan fingerprint density at radius 1 is 0.939 bits per heavy atom. The minimum Gasteiger partial charge on any atom is -0.508 e. The first-order valence-electron chi connectivity index (χ1n) is 10.6. The lowest BCUT2D eigenvalue weighted by atomic mass is 10.0. The van der Waals surface area contributed by atoms with Crippen LogP contribution < -0.4 is 0 Å². The Morgan fingerprint density at radius 3 is 2.61 bits per heavy atom. The third-order valence-electron chi connectivity index (χ3n) is 6.19. The van der Waals surface area contributed by atoms with Crippen LogP contribution in [-0.2, 0) is 7.05 Å². The molecular formula is C26H20FN5O.